The maximum Gasteiger partial charge on any atom is 0.347 e. The predicted octanol–water partition coefficient (Wildman–Crippen LogP) is 0.900. The van der Waals surface area contributed by atoms with Crippen LogP contribution in [0, 0.1) is 6.92 Å². The number of carbonyl (C=O) groups is 1. The number of hydrogen-bond donors (Lipinski definition) is 2. The zero-order valence-corrected chi connectivity index (χ0v) is 12.0. The third kappa shape index (κ3) is 2.40. The smallest absolute Gasteiger partial charge is 0.347 e. The molecule has 0 aromatic carbocycles. The van der Waals surface area contributed by atoms with Gasteiger partial charge in [0.1, 0.15) is 9.77 Å². The lowest BCUT2D eigenvalue weighted by molar-refractivity contribution is 0.0698. The van der Waals surface area contributed by atoms with Gasteiger partial charge in [0.2, 0.25) is 10.0 Å². The van der Waals surface area contributed by atoms with E-state index in [4.69, 9.17) is 5.11 Å². The summed E-state index contributed by atoms with van der Waals surface area (Å²) in [5.41, 5.74) is 0.436. The Labute approximate surface area is 115 Å². The first-order chi connectivity index (χ1) is 8.89. The van der Waals surface area contributed by atoms with Gasteiger partial charge in [-0.05, 0) is 30.7 Å². The van der Waals surface area contributed by atoms with E-state index >= 15 is 0 Å². The molecule has 106 valence electrons. The lowest BCUT2D eigenvalue weighted by atomic mass is 10.2. The quantitative estimate of drug-likeness (QED) is 0.862. The van der Waals surface area contributed by atoms with Crippen LogP contribution in [0.2, 0.25) is 0 Å². The van der Waals surface area contributed by atoms with Crippen molar-refractivity contribution in [1.29, 1.82) is 0 Å². The molecule has 0 amide bonds. The fourth-order valence-electron chi connectivity index (χ4n) is 2.33. The van der Waals surface area contributed by atoms with E-state index in [0.717, 1.165) is 11.3 Å². The first kappa shape index (κ1) is 14.4. The topological polar surface area (TPSA) is 94.9 Å². The van der Waals surface area contributed by atoms with Crippen LogP contribution in [-0.4, -0.2) is 48.1 Å². The van der Waals surface area contributed by atoms with E-state index in [1.807, 2.05) is 0 Å². The summed E-state index contributed by atoms with van der Waals surface area (Å²) in [6.45, 7) is 1.66. The molecule has 1 aromatic heterocycles. The Hall–Kier alpha value is -0.960. The highest BCUT2D eigenvalue weighted by Crippen LogP contribution is 2.33. The summed E-state index contributed by atoms with van der Waals surface area (Å²) in [7, 11) is -3.86. The first-order valence-corrected chi connectivity index (χ1v) is 8.15. The molecule has 6 nitrogen and oxygen atoms in total. The van der Waals surface area contributed by atoms with Gasteiger partial charge in [-0.1, -0.05) is 0 Å². The lowest BCUT2D eigenvalue weighted by Gasteiger charge is -2.22. The molecule has 0 aliphatic carbocycles. The highest BCUT2D eigenvalue weighted by atomic mass is 32.2. The van der Waals surface area contributed by atoms with Gasteiger partial charge >= 0.3 is 5.97 Å². The van der Waals surface area contributed by atoms with Crippen molar-refractivity contribution in [3.8, 4) is 0 Å². The average molecular weight is 305 g/mol. The molecule has 0 bridgehead atoms. The van der Waals surface area contributed by atoms with Gasteiger partial charge in [0.05, 0.1) is 6.61 Å². The van der Waals surface area contributed by atoms with Crippen molar-refractivity contribution in [2.24, 2.45) is 0 Å². The summed E-state index contributed by atoms with van der Waals surface area (Å²) >= 11 is 0.911. The Morgan fingerprint density at radius 1 is 1.58 bits per heavy atom. The number of aryl methyl sites for hydroxylation is 1. The van der Waals surface area contributed by atoms with E-state index in [2.05, 4.69) is 0 Å². The molecule has 0 spiro atoms. The Morgan fingerprint density at radius 2 is 2.26 bits per heavy atom. The van der Waals surface area contributed by atoms with Crippen molar-refractivity contribution in [3.63, 3.8) is 0 Å². The molecule has 8 heteroatoms. The second kappa shape index (κ2) is 5.20. The second-order valence-electron chi connectivity index (χ2n) is 4.48. The summed E-state index contributed by atoms with van der Waals surface area (Å²) in [6, 6.07) is -0.453. The molecule has 1 saturated heterocycles. The number of hydrogen-bond acceptors (Lipinski definition) is 5. The van der Waals surface area contributed by atoms with Gasteiger partial charge in [0.15, 0.2) is 0 Å². The van der Waals surface area contributed by atoms with Crippen molar-refractivity contribution >= 4 is 27.3 Å². The molecule has 1 atom stereocenters. The first-order valence-electron chi connectivity index (χ1n) is 5.83. The molecule has 0 saturated carbocycles. The van der Waals surface area contributed by atoms with Gasteiger partial charge in [-0.25, -0.2) is 13.2 Å². The molecule has 0 radical (unpaired) electrons. The fourth-order valence-corrected chi connectivity index (χ4v) is 5.60. The summed E-state index contributed by atoms with van der Waals surface area (Å²) in [5, 5.41) is 19.8. The van der Waals surface area contributed by atoms with Gasteiger partial charge in [-0.3, -0.25) is 0 Å². The number of rotatable bonds is 4. The Kier molecular flexibility index (Phi) is 3.95. The number of carboxylic acids is 1. The monoisotopic (exact) mass is 305 g/mol. The molecule has 2 rings (SSSR count). The van der Waals surface area contributed by atoms with Gasteiger partial charge in [-0.2, -0.15) is 4.31 Å². The third-order valence-electron chi connectivity index (χ3n) is 3.21. The van der Waals surface area contributed by atoms with Crippen LogP contribution in [0.4, 0.5) is 0 Å². The highest BCUT2D eigenvalue weighted by molar-refractivity contribution is 7.89. The average Bonchev–Trinajstić information content (AvgIpc) is 2.94. The van der Waals surface area contributed by atoms with Crippen LogP contribution in [0.3, 0.4) is 0 Å². The number of aliphatic hydroxyl groups is 1. The van der Waals surface area contributed by atoms with Crippen LogP contribution in [0.15, 0.2) is 10.3 Å². The summed E-state index contributed by atoms with van der Waals surface area (Å²) in [6.07, 6.45) is 1.28. The van der Waals surface area contributed by atoms with Crippen molar-refractivity contribution < 1.29 is 23.4 Å². The van der Waals surface area contributed by atoms with E-state index in [9.17, 15) is 18.3 Å². The van der Waals surface area contributed by atoms with E-state index in [1.54, 1.807) is 6.92 Å². The number of aromatic carboxylic acids is 1. The van der Waals surface area contributed by atoms with Crippen molar-refractivity contribution in [1.82, 2.24) is 4.31 Å². The number of sulfonamides is 1. The van der Waals surface area contributed by atoms with Crippen LogP contribution in [-0.2, 0) is 10.0 Å². The minimum atomic E-state index is -3.86. The summed E-state index contributed by atoms with van der Waals surface area (Å²) in [4.78, 5) is 10.8. The third-order valence-corrected chi connectivity index (χ3v) is 6.57. The van der Waals surface area contributed by atoms with Crippen LogP contribution >= 0.6 is 11.3 Å². The van der Waals surface area contributed by atoms with Crippen molar-refractivity contribution in [2.75, 3.05) is 13.2 Å². The molecule has 0 unspecified atom stereocenters. The molecule has 1 aromatic rings. The fraction of sp³-hybridized carbons (Fsp3) is 0.545. The highest BCUT2D eigenvalue weighted by Gasteiger charge is 2.38. The van der Waals surface area contributed by atoms with E-state index in [1.165, 1.54) is 9.69 Å². The van der Waals surface area contributed by atoms with Gasteiger partial charge in [-0.15, -0.1) is 11.3 Å². The molecule has 1 aliphatic rings. The van der Waals surface area contributed by atoms with Gasteiger partial charge in [0.25, 0.3) is 0 Å². The van der Waals surface area contributed by atoms with Crippen LogP contribution in [0.1, 0.15) is 28.1 Å². The van der Waals surface area contributed by atoms with E-state index < -0.39 is 22.0 Å². The molecular weight excluding hydrogens is 290 g/mol. The minimum Gasteiger partial charge on any atom is -0.477 e. The lowest BCUT2D eigenvalue weighted by Crippen LogP contribution is -2.38. The number of carboxylic acid groups (broad SMARTS) is 1. The van der Waals surface area contributed by atoms with Crippen LogP contribution in [0.5, 0.6) is 0 Å². The van der Waals surface area contributed by atoms with Gasteiger partial charge in [0, 0.05) is 12.6 Å². The van der Waals surface area contributed by atoms with Crippen LogP contribution in [0.25, 0.3) is 0 Å². The zero-order chi connectivity index (χ0) is 14.2. The largest absolute Gasteiger partial charge is 0.477 e. The normalized spacial score (nSPS) is 20.8. The predicted molar refractivity (Wildman–Crippen MR) is 70.0 cm³/mol. The van der Waals surface area contributed by atoms with Crippen LogP contribution < -0.4 is 0 Å². The van der Waals surface area contributed by atoms with E-state index in [0.29, 0.717) is 24.9 Å². The molecule has 2 heterocycles. The second-order valence-corrected chi connectivity index (χ2v) is 7.18. The maximum absolute atomic E-state index is 12.6. The number of thiophene rings is 1. The van der Waals surface area contributed by atoms with Crippen molar-refractivity contribution in [2.45, 2.75) is 30.7 Å². The molecule has 2 N–H and O–H groups in total. The molecule has 1 aliphatic heterocycles. The Morgan fingerprint density at radius 3 is 2.84 bits per heavy atom. The van der Waals surface area contributed by atoms with Gasteiger partial charge < -0.3 is 10.2 Å². The summed E-state index contributed by atoms with van der Waals surface area (Å²) < 4.78 is 26.4. The summed E-state index contributed by atoms with van der Waals surface area (Å²) in [5.74, 6) is -1.24. The van der Waals surface area contributed by atoms with E-state index in [-0.39, 0.29) is 16.4 Å². The molecule has 19 heavy (non-hydrogen) atoms. The Bertz CT molecular complexity index is 592. The molecular formula is C11H15NO5S2. The maximum atomic E-state index is 12.6. The minimum absolute atomic E-state index is 0.134. The molecule has 1 fully saturated rings. The zero-order valence-electron chi connectivity index (χ0n) is 10.4. The SMILES string of the molecule is Cc1csc(C(=O)O)c1S(=O)(=O)N1CCC[C@@H]1CO. The number of aliphatic hydroxyl groups excluding tert-OH is 1. The standard InChI is InChI=1S/C11H15NO5S2/c1-7-6-18-9(11(14)15)10(7)19(16,17)12-4-2-3-8(12)5-13/h6,8,13H,2-5H2,1H3,(H,14,15)/t8-/m1/s1. The van der Waals surface area contributed by atoms with Crippen molar-refractivity contribution in [3.05, 3.63) is 15.8 Å². The Balaban J connectivity index is 2.51. The number of nitrogens with zero attached hydrogens (tertiary/aromatic N) is 1.